The minimum Gasteiger partial charge on any atom is -0.419 e. The van der Waals surface area contributed by atoms with Gasteiger partial charge < -0.3 is 14.2 Å². The van der Waals surface area contributed by atoms with Gasteiger partial charge in [-0.2, -0.15) is 0 Å². The monoisotopic (exact) mass is 472 g/mol. The number of piperidine rings is 1. The Hall–Kier alpha value is -2.71. The van der Waals surface area contributed by atoms with E-state index >= 15 is 0 Å². The van der Waals surface area contributed by atoms with Gasteiger partial charge in [-0.3, -0.25) is 9.59 Å². The number of rotatable bonds is 6. The van der Waals surface area contributed by atoms with Crippen molar-refractivity contribution in [1.29, 1.82) is 0 Å². The van der Waals surface area contributed by atoms with Crippen LogP contribution in [0, 0.1) is 5.92 Å². The molecule has 3 heterocycles. The molecule has 0 bridgehead atoms. The molecule has 9 heteroatoms. The average molecular weight is 473 g/mol. The van der Waals surface area contributed by atoms with E-state index in [1.807, 2.05) is 49.6 Å². The van der Waals surface area contributed by atoms with Gasteiger partial charge in [-0.05, 0) is 50.3 Å². The zero-order valence-corrected chi connectivity index (χ0v) is 19.6. The highest BCUT2D eigenvalue weighted by atomic mass is 35.5. The van der Waals surface area contributed by atoms with E-state index in [0.717, 1.165) is 12.8 Å². The second kappa shape index (κ2) is 9.83. The second-order valence-corrected chi connectivity index (χ2v) is 9.46. The third-order valence-corrected chi connectivity index (χ3v) is 6.76. The van der Waals surface area contributed by atoms with Gasteiger partial charge in [0.2, 0.25) is 17.7 Å². The molecule has 1 aliphatic rings. The van der Waals surface area contributed by atoms with Crippen LogP contribution in [0.2, 0.25) is 5.02 Å². The van der Waals surface area contributed by atoms with Crippen LogP contribution >= 0.6 is 22.9 Å². The van der Waals surface area contributed by atoms with Crippen LogP contribution in [0.4, 0.5) is 0 Å². The molecule has 7 nitrogen and oxygen atoms in total. The minimum absolute atomic E-state index is 0.00109. The Morgan fingerprint density at radius 3 is 2.78 bits per heavy atom. The minimum atomic E-state index is -0.249. The first-order valence-corrected chi connectivity index (χ1v) is 11.9. The van der Waals surface area contributed by atoms with Crippen LogP contribution in [0.3, 0.4) is 0 Å². The summed E-state index contributed by atoms with van der Waals surface area (Å²) in [7, 11) is 0. The Morgan fingerprint density at radius 1 is 1.25 bits per heavy atom. The molecule has 0 spiro atoms. The van der Waals surface area contributed by atoms with Crippen molar-refractivity contribution in [3.63, 3.8) is 0 Å². The number of halogens is 1. The molecule has 1 saturated heterocycles. The van der Waals surface area contributed by atoms with Gasteiger partial charge in [-0.15, -0.1) is 21.5 Å². The number of carbonyl (C=O) groups is 2. The zero-order chi connectivity index (χ0) is 22.7. The number of likely N-dealkylation sites (tertiary alicyclic amines) is 1. The summed E-state index contributed by atoms with van der Waals surface area (Å²) in [5.74, 6) is 0.425. The Balaban J connectivity index is 1.46. The summed E-state index contributed by atoms with van der Waals surface area (Å²) < 4.78 is 5.81. The summed E-state index contributed by atoms with van der Waals surface area (Å²) in [5.41, 5.74) is 0.658. The number of thiophene rings is 1. The van der Waals surface area contributed by atoms with E-state index in [1.54, 1.807) is 15.9 Å². The first-order valence-electron chi connectivity index (χ1n) is 10.6. The molecule has 0 N–H and O–H groups in total. The third-order valence-electron chi connectivity index (χ3n) is 5.57. The molecule has 0 saturated carbocycles. The molecule has 0 aliphatic carbocycles. The van der Waals surface area contributed by atoms with Crippen LogP contribution in [0.15, 0.2) is 46.2 Å². The van der Waals surface area contributed by atoms with Crippen LogP contribution in [0.25, 0.3) is 11.5 Å². The molecule has 1 unspecified atom stereocenters. The van der Waals surface area contributed by atoms with Gasteiger partial charge in [0.25, 0.3) is 5.91 Å². The van der Waals surface area contributed by atoms with Crippen LogP contribution in [-0.4, -0.2) is 50.9 Å². The molecule has 32 heavy (non-hydrogen) atoms. The fourth-order valence-corrected chi connectivity index (χ4v) is 4.78. The number of hydrogen-bond donors (Lipinski definition) is 0. The van der Waals surface area contributed by atoms with E-state index in [4.69, 9.17) is 16.0 Å². The molecule has 1 aliphatic heterocycles. The molecule has 3 aromatic rings. The molecule has 2 aromatic heterocycles. The lowest BCUT2D eigenvalue weighted by atomic mass is 9.95. The third kappa shape index (κ3) is 4.86. The van der Waals surface area contributed by atoms with Crippen LogP contribution in [0.1, 0.15) is 42.3 Å². The van der Waals surface area contributed by atoms with E-state index in [9.17, 15) is 9.59 Å². The molecular formula is C23H25ClN4O3S. The summed E-state index contributed by atoms with van der Waals surface area (Å²) in [4.78, 5) is 30.4. The number of amides is 2. The molecule has 0 radical (unpaired) electrons. The van der Waals surface area contributed by atoms with E-state index < -0.39 is 0 Å². The van der Waals surface area contributed by atoms with Crippen molar-refractivity contribution < 1.29 is 14.0 Å². The predicted octanol–water partition coefficient (Wildman–Crippen LogP) is 4.74. The van der Waals surface area contributed by atoms with Gasteiger partial charge in [-0.25, -0.2) is 0 Å². The maximum Gasteiger partial charge on any atom is 0.263 e. The van der Waals surface area contributed by atoms with E-state index in [1.165, 1.54) is 11.3 Å². The summed E-state index contributed by atoms with van der Waals surface area (Å²) in [5, 5.41) is 10.6. The molecule has 1 fully saturated rings. The lowest BCUT2D eigenvalue weighted by molar-refractivity contribution is -0.139. The van der Waals surface area contributed by atoms with Gasteiger partial charge in [0.1, 0.15) is 0 Å². The summed E-state index contributed by atoms with van der Waals surface area (Å²) >= 11 is 7.65. The Kier molecular flexibility index (Phi) is 6.91. The number of nitrogens with zero attached hydrogens (tertiary/aromatic N) is 4. The van der Waals surface area contributed by atoms with Crippen molar-refractivity contribution in [2.24, 2.45) is 5.92 Å². The van der Waals surface area contributed by atoms with Crippen molar-refractivity contribution in [2.75, 3.05) is 13.1 Å². The van der Waals surface area contributed by atoms with Crippen LogP contribution < -0.4 is 0 Å². The first kappa shape index (κ1) is 22.5. The molecule has 168 valence electrons. The van der Waals surface area contributed by atoms with E-state index in [-0.39, 0.29) is 30.3 Å². The number of carbonyl (C=O) groups excluding carboxylic acids is 2. The Morgan fingerprint density at radius 2 is 2.06 bits per heavy atom. The van der Waals surface area contributed by atoms with Crippen LogP contribution in [0.5, 0.6) is 0 Å². The number of benzene rings is 1. The maximum atomic E-state index is 13.4. The molecule has 1 aromatic carbocycles. The number of aromatic nitrogens is 2. The highest BCUT2D eigenvalue weighted by Crippen LogP contribution is 2.27. The van der Waals surface area contributed by atoms with Crippen molar-refractivity contribution in [3.05, 3.63) is 57.6 Å². The first-order chi connectivity index (χ1) is 15.4. The highest BCUT2D eigenvalue weighted by molar-refractivity contribution is 7.12. The second-order valence-electron chi connectivity index (χ2n) is 8.11. The van der Waals surface area contributed by atoms with Crippen molar-refractivity contribution in [2.45, 2.75) is 39.3 Å². The largest absolute Gasteiger partial charge is 0.419 e. The van der Waals surface area contributed by atoms with Gasteiger partial charge in [0.05, 0.1) is 27.9 Å². The lowest BCUT2D eigenvalue weighted by Gasteiger charge is -2.35. The normalized spacial score (nSPS) is 16.4. The molecule has 4 rings (SSSR count). The quantitative estimate of drug-likeness (QED) is 0.517. The summed E-state index contributed by atoms with van der Waals surface area (Å²) in [6, 6.07) is 10.9. The van der Waals surface area contributed by atoms with E-state index in [0.29, 0.717) is 40.3 Å². The number of hydrogen-bond acceptors (Lipinski definition) is 6. The predicted molar refractivity (Wildman–Crippen MR) is 123 cm³/mol. The van der Waals surface area contributed by atoms with E-state index in [2.05, 4.69) is 10.2 Å². The Bertz CT molecular complexity index is 1080. The van der Waals surface area contributed by atoms with Gasteiger partial charge in [0.15, 0.2) is 0 Å². The molecule has 2 amide bonds. The van der Waals surface area contributed by atoms with Gasteiger partial charge in [-0.1, -0.05) is 29.8 Å². The molecule has 1 atom stereocenters. The summed E-state index contributed by atoms with van der Waals surface area (Å²) in [6.07, 6.45) is 1.56. The molecular weight excluding hydrogens is 448 g/mol. The zero-order valence-electron chi connectivity index (χ0n) is 18.0. The maximum absolute atomic E-state index is 13.4. The smallest absolute Gasteiger partial charge is 0.263 e. The Labute approximate surface area is 196 Å². The van der Waals surface area contributed by atoms with Crippen molar-refractivity contribution in [1.82, 2.24) is 20.0 Å². The lowest BCUT2D eigenvalue weighted by Crippen LogP contribution is -2.48. The van der Waals surface area contributed by atoms with Crippen LogP contribution in [-0.2, 0) is 11.3 Å². The average Bonchev–Trinajstić information content (AvgIpc) is 3.49. The SMILES string of the molecule is CC(C)N(Cc1nnc(-c2ccccc2Cl)o1)C(=O)C1CCCN(C(=O)c2cccs2)C1. The fourth-order valence-electron chi connectivity index (χ4n) is 3.88. The van der Waals surface area contributed by atoms with Crippen molar-refractivity contribution in [3.8, 4) is 11.5 Å². The summed E-state index contributed by atoms with van der Waals surface area (Å²) in [6.45, 7) is 5.23. The topological polar surface area (TPSA) is 79.5 Å². The highest BCUT2D eigenvalue weighted by Gasteiger charge is 2.33. The fraction of sp³-hybridized carbons (Fsp3) is 0.391. The van der Waals surface area contributed by atoms with Crippen molar-refractivity contribution >= 4 is 34.8 Å². The van der Waals surface area contributed by atoms with Gasteiger partial charge >= 0.3 is 0 Å². The van der Waals surface area contributed by atoms with Gasteiger partial charge in [0, 0.05) is 19.1 Å². The standard InChI is InChI=1S/C23H25ClN4O3S/c1-15(2)28(14-20-25-26-21(31-20)17-8-3-4-9-18(17)24)22(29)16-7-5-11-27(13-16)23(30)19-10-6-12-32-19/h3-4,6,8-10,12,15-16H,5,7,11,13-14H2,1-2H3.